The van der Waals surface area contributed by atoms with Crippen LogP contribution in [0, 0.1) is 0 Å². The number of amides is 1. The zero-order valence-corrected chi connectivity index (χ0v) is 20.3. The summed E-state index contributed by atoms with van der Waals surface area (Å²) in [7, 11) is 5.56. The van der Waals surface area contributed by atoms with Crippen molar-refractivity contribution in [1.82, 2.24) is 29.7 Å². The second-order valence-corrected chi connectivity index (χ2v) is 9.11. The van der Waals surface area contributed by atoms with Crippen LogP contribution in [0.25, 0.3) is 11.2 Å². The van der Waals surface area contributed by atoms with E-state index >= 15 is 0 Å². The van der Waals surface area contributed by atoms with Crippen LogP contribution in [-0.4, -0.2) is 83.0 Å². The molecule has 0 bridgehead atoms. The van der Waals surface area contributed by atoms with Crippen LogP contribution in [-0.2, 0) is 4.74 Å². The quantitative estimate of drug-likeness (QED) is 0.469. The van der Waals surface area contributed by atoms with Gasteiger partial charge < -0.3 is 30.3 Å². The van der Waals surface area contributed by atoms with E-state index in [-0.39, 0.29) is 24.3 Å². The van der Waals surface area contributed by atoms with Gasteiger partial charge in [-0.2, -0.15) is 9.97 Å². The molecule has 2 aromatic heterocycles. The van der Waals surface area contributed by atoms with Crippen LogP contribution in [0.4, 0.5) is 22.2 Å². The SMILES string of the molecule is CNc1nc(Nc2cccc(OC3CCN(C)CC3)c2)nc2c1ncn2C(=O)N[C@@H]1CC[C@H]1OC. The maximum absolute atomic E-state index is 12.9. The highest BCUT2D eigenvalue weighted by atomic mass is 16.5. The molecule has 1 amide bonds. The van der Waals surface area contributed by atoms with E-state index in [9.17, 15) is 4.79 Å². The number of benzene rings is 1. The van der Waals surface area contributed by atoms with Gasteiger partial charge >= 0.3 is 6.03 Å². The molecule has 35 heavy (non-hydrogen) atoms. The second kappa shape index (κ2) is 10.0. The minimum absolute atomic E-state index is 0.0135. The third-order valence-electron chi connectivity index (χ3n) is 6.73. The van der Waals surface area contributed by atoms with Crippen molar-refractivity contribution in [3.05, 3.63) is 30.6 Å². The Hall–Kier alpha value is -3.44. The molecular formula is C24H32N8O3. The number of likely N-dealkylation sites (tertiary alicyclic amines) is 1. The lowest BCUT2D eigenvalue weighted by molar-refractivity contribution is 0.0110. The lowest BCUT2D eigenvalue weighted by Gasteiger charge is -2.35. The highest BCUT2D eigenvalue weighted by molar-refractivity contribution is 5.92. The predicted molar refractivity (Wildman–Crippen MR) is 133 cm³/mol. The molecule has 1 aliphatic carbocycles. The number of carbonyl (C=O) groups is 1. The van der Waals surface area contributed by atoms with Crippen LogP contribution in [0.15, 0.2) is 30.6 Å². The van der Waals surface area contributed by atoms with Crippen LogP contribution in [0.5, 0.6) is 5.75 Å². The van der Waals surface area contributed by atoms with Gasteiger partial charge in [0, 0.05) is 39.0 Å². The maximum atomic E-state index is 12.9. The number of hydrogen-bond acceptors (Lipinski definition) is 9. The molecule has 5 rings (SSSR count). The van der Waals surface area contributed by atoms with E-state index in [0.29, 0.717) is 22.9 Å². The summed E-state index contributed by atoms with van der Waals surface area (Å²) in [5.41, 5.74) is 1.73. The smallest absolute Gasteiger partial charge is 0.328 e. The minimum Gasteiger partial charge on any atom is -0.490 e. The molecule has 1 saturated heterocycles. The van der Waals surface area contributed by atoms with Crippen LogP contribution < -0.4 is 20.7 Å². The van der Waals surface area contributed by atoms with Crippen LogP contribution >= 0.6 is 0 Å². The number of carbonyl (C=O) groups excluding carboxylic acids is 1. The number of nitrogens with one attached hydrogen (secondary N) is 3. The zero-order chi connectivity index (χ0) is 24.4. The molecular weight excluding hydrogens is 448 g/mol. The van der Waals surface area contributed by atoms with Gasteiger partial charge in [0.2, 0.25) is 5.95 Å². The van der Waals surface area contributed by atoms with Gasteiger partial charge in [0.05, 0.1) is 12.1 Å². The Labute approximate surface area is 204 Å². The Bertz CT molecular complexity index is 1190. The van der Waals surface area contributed by atoms with Gasteiger partial charge in [-0.25, -0.2) is 14.3 Å². The normalized spacial score (nSPS) is 20.9. The lowest BCUT2D eigenvalue weighted by Crippen LogP contribution is -2.52. The van der Waals surface area contributed by atoms with Gasteiger partial charge in [0.25, 0.3) is 0 Å². The van der Waals surface area contributed by atoms with Gasteiger partial charge in [-0.05, 0) is 44.9 Å². The summed E-state index contributed by atoms with van der Waals surface area (Å²) in [5.74, 6) is 1.68. The molecule has 3 aromatic rings. The highest BCUT2D eigenvalue weighted by Gasteiger charge is 2.32. The number of anilines is 3. The molecule has 3 N–H and O–H groups in total. The van der Waals surface area contributed by atoms with Gasteiger partial charge in [0.1, 0.15) is 18.2 Å². The Morgan fingerprint density at radius 3 is 2.69 bits per heavy atom. The summed E-state index contributed by atoms with van der Waals surface area (Å²) in [6.45, 7) is 2.08. The zero-order valence-electron chi connectivity index (χ0n) is 20.3. The fraction of sp³-hybridized carbons (Fsp3) is 0.500. The molecule has 2 atom stereocenters. The highest BCUT2D eigenvalue weighted by Crippen LogP contribution is 2.27. The van der Waals surface area contributed by atoms with Crippen molar-refractivity contribution in [3.63, 3.8) is 0 Å². The molecule has 0 unspecified atom stereocenters. The first-order chi connectivity index (χ1) is 17.0. The van der Waals surface area contributed by atoms with E-state index in [1.54, 1.807) is 14.2 Å². The van der Waals surface area contributed by atoms with E-state index in [1.807, 2.05) is 24.3 Å². The molecule has 11 nitrogen and oxygen atoms in total. The number of methoxy groups -OCH3 is 1. The van der Waals surface area contributed by atoms with Gasteiger partial charge in [0.15, 0.2) is 17.0 Å². The molecule has 2 aliphatic rings. The summed E-state index contributed by atoms with van der Waals surface area (Å²) in [5, 5.41) is 9.30. The molecule has 0 spiro atoms. The fourth-order valence-corrected chi connectivity index (χ4v) is 4.50. The van der Waals surface area contributed by atoms with E-state index in [4.69, 9.17) is 9.47 Å². The van der Waals surface area contributed by atoms with Gasteiger partial charge in [-0.3, -0.25) is 0 Å². The Morgan fingerprint density at radius 1 is 1.14 bits per heavy atom. The molecule has 1 aromatic carbocycles. The molecule has 0 radical (unpaired) electrons. The number of imidazole rings is 1. The summed E-state index contributed by atoms with van der Waals surface area (Å²) < 4.78 is 13.0. The summed E-state index contributed by atoms with van der Waals surface area (Å²) >= 11 is 0. The van der Waals surface area contributed by atoms with Crippen molar-refractivity contribution in [2.45, 2.75) is 43.9 Å². The summed E-state index contributed by atoms with van der Waals surface area (Å²) in [6.07, 6.45) is 5.57. The maximum Gasteiger partial charge on any atom is 0.328 e. The third-order valence-corrected chi connectivity index (χ3v) is 6.73. The third kappa shape index (κ3) is 5.01. The molecule has 1 saturated carbocycles. The van der Waals surface area contributed by atoms with Crippen molar-refractivity contribution < 1.29 is 14.3 Å². The molecule has 3 heterocycles. The topological polar surface area (TPSA) is 118 Å². The monoisotopic (exact) mass is 480 g/mol. The Morgan fingerprint density at radius 2 is 1.97 bits per heavy atom. The fourth-order valence-electron chi connectivity index (χ4n) is 4.50. The second-order valence-electron chi connectivity index (χ2n) is 9.11. The lowest BCUT2D eigenvalue weighted by atomic mass is 9.89. The average Bonchev–Trinajstić information content (AvgIpc) is 3.27. The number of nitrogens with zero attached hydrogens (tertiary/aromatic N) is 5. The molecule has 1 aliphatic heterocycles. The molecule has 2 fully saturated rings. The largest absolute Gasteiger partial charge is 0.490 e. The standard InChI is InChI=1S/C24H32N8O3/c1-25-21-20-22(32(14-26-20)24(33)28-18-7-8-19(18)34-3)30-23(29-21)27-15-5-4-6-17(13-15)35-16-9-11-31(2)12-10-16/h4-6,13-14,16,18-19H,7-12H2,1-3H3,(H,28,33)(H2,25,27,29,30)/t18-,19-/m1/s1. The van der Waals surface area contributed by atoms with E-state index in [0.717, 1.165) is 50.2 Å². The Balaban J connectivity index is 1.35. The van der Waals surface area contributed by atoms with Crippen LogP contribution in [0.1, 0.15) is 25.7 Å². The van der Waals surface area contributed by atoms with Crippen molar-refractivity contribution in [1.29, 1.82) is 0 Å². The summed E-state index contributed by atoms with van der Waals surface area (Å²) in [4.78, 5) is 28.8. The first-order valence-electron chi connectivity index (χ1n) is 12.0. The number of aromatic nitrogens is 4. The number of rotatable bonds is 7. The first-order valence-corrected chi connectivity index (χ1v) is 12.0. The van der Waals surface area contributed by atoms with Gasteiger partial charge in [-0.15, -0.1) is 0 Å². The molecule has 11 heteroatoms. The number of hydrogen-bond donors (Lipinski definition) is 3. The van der Waals surface area contributed by atoms with E-state index < -0.39 is 0 Å². The average molecular weight is 481 g/mol. The van der Waals surface area contributed by atoms with Crippen molar-refractivity contribution in [2.75, 3.05) is 44.9 Å². The van der Waals surface area contributed by atoms with Gasteiger partial charge in [-0.1, -0.05) is 6.07 Å². The van der Waals surface area contributed by atoms with Crippen molar-refractivity contribution in [2.24, 2.45) is 0 Å². The van der Waals surface area contributed by atoms with E-state index in [1.165, 1.54) is 10.9 Å². The van der Waals surface area contributed by atoms with Crippen molar-refractivity contribution >= 4 is 34.6 Å². The minimum atomic E-state index is -0.292. The number of piperidine rings is 1. The summed E-state index contributed by atoms with van der Waals surface area (Å²) in [6, 6.07) is 7.46. The van der Waals surface area contributed by atoms with Crippen LogP contribution in [0.2, 0.25) is 0 Å². The predicted octanol–water partition coefficient (Wildman–Crippen LogP) is 2.82. The number of fused-ring (bicyclic) bond motifs is 1. The van der Waals surface area contributed by atoms with E-state index in [2.05, 4.69) is 42.8 Å². The Kier molecular flexibility index (Phi) is 6.69. The van der Waals surface area contributed by atoms with Crippen LogP contribution in [0.3, 0.4) is 0 Å². The first kappa shape index (κ1) is 23.3. The molecule has 186 valence electrons. The number of ether oxygens (including phenoxy) is 2. The van der Waals surface area contributed by atoms with Crippen molar-refractivity contribution in [3.8, 4) is 5.75 Å².